The van der Waals surface area contributed by atoms with Gasteiger partial charge in [0.2, 0.25) is 0 Å². The molecule has 208 valence electrons. The first kappa shape index (κ1) is 29.9. The summed E-state index contributed by atoms with van der Waals surface area (Å²) in [6, 6.07) is 25.6. The Labute approximate surface area is 232 Å². The quantitative estimate of drug-likeness (QED) is 0.240. The maximum Gasteiger partial charge on any atom is 0.253 e. The lowest BCUT2D eigenvalue weighted by Gasteiger charge is -2.25. The highest BCUT2D eigenvalue weighted by molar-refractivity contribution is 5.99. The second-order valence-electron chi connectivity index (χ2n) is 9.58. The Morgan fingerprint density at radius 3 is 2.18 bits per heavy atom. The number of hydrogen-bond acceptors (Lipinski definition) is 5. The maximum atomic E-state index is 13.3. The van der Waals surface area contributed by atoms with Crippen molar-refractivity contribution in [2.45, 2.75) is 45.3 Å². The van der Waals surface area contributed by atoms with Crippen molar-refractivity contribution in [3.63, 3.8) is 0 Å². The van der Waals surface area contributed by atoms with Crippen LogP contribution in [0.15, 0.2) is 84.9 Å². The van der Waals surface area contributed by atoms with Gasteiger partial charge in [0.1, 0.15) is 12.4 Å². The summed E-state index contributed by atoms with van der Waals surface area (Å²) < 4.78 is 5.70. The van der Waals surface area contributed by atoms with Crippen molar-refractivity contribution in [2.75, 3.05) is 32.8 Å². The third-order valence-electron chi connectivity index (χ3n) is 6.37. The summed E-state index contributed by atoms with van der Waals surface area (Å²) in [5.41, 5.74) is 1.89. The van der Waals surface area contributed by atoms with E-state index in [0.29, 0.717) is 43.8 Å². The highest BCUT2D eigenvalue weighted by atomic mass is 16.5. The van der Waals surface area contributed by atoms with E-state index >= 15 is 0 Å². The molecule has 0 saturated heterocycles. The van der Waals surface area contributed by atoms with Gasteiger partial charge in [-0.1, -0.05) is 68.4 Å². The molecule has 0 saturated carbocycles. The molecule has 0 heterocycles. The van der Waals surface area contributed by atoms with Gasteiger partial charge in [-0.25, -0.2) is 0 Å². The molecule has 0 radical (unpaired) electrons. The van der Waals surface area contributed by atoms with E-state index in [1.807, 2.05) is 79.4 Å². The largest absolute Gasteiger partial charge is 0.492 e. The lowest BCUT2D eigenvalue weighted by Crippen LogP contribution is -2.49. The number of benzene rings is 3. The smallest absolute Gasteiger partial charge is 0.253 e. The van der Waals surface area contributed by atoms with E-state index in [4.69, 9.17) is 4.74 Å². The molecule has 0 aliphatic heterocycles. The lowest BCUT2D eigenvalue weighted by molar-refractivity contribution is 0.0755. The number of amides is 2. The van der Waals surface area contributed by atoms with Crippen LogP contribution in [0.1, 0.15) is 53.0 Å². The van der Waals surface area contributed by atoms with Gasteiger partial charge in [-0.3, -0.25) is 9.59 Å². The first-order valence-electron chi connectivity index (χ1n) is 13.8. The van der Waals surface area contributed by atoms with Crippen molar-refractivity contribution in [1.29, 1.82) is 0 Å². The highest BCUT2D eigenvalue weighted by Crippen LogP contribution is 2.13. The van der Waals surface area contributed by atoms with Gasteiger partial charge in [0.15, 0.2) is 0 Å². The fourth-order valence-corrected chi connectivity index (χ4v) is 4.38. The predicted octanol–water partition coefficient (Wildman–Crippen LogP) is 4.32. The van der Waals surface area contributed by atoms with Crippen molar-refractivity contribution in [3.05, 3.63) is 102 Å². The van der Waals surface area contributed by atoms with E-state index in [1.54, 1.807) is 24.3 Å². The predicted molar refractivity (Wildman–Crippen MR) is 155 cm³/mol. The van der Waals surface area contributed by atoms with Crippen LogP contribution in [0, 0.1) is 0 Å². The molecular weight excluding hydrogens is 490 g/mol. The van der Waals surface area contributed by atoms with Gasteiger partial charge in [-0.2, -0.15) is 0 Å². The third-order valence-corrected chi connectivity index (χ3v) is 6.37. The molecule has 3 aromatic rings. The van der Waals surface area contributed by atoms with E-state index in [2.05, 4.69) is 10.6 Å². The first-order chi connectivity index (χ1) is 19.0. The Bertz CT molecular complexity index is 1130. The van der Waals surface area contributed by atoms with Gasteiger partial charge in [0.25, 0.3) is 11.8 Å². The van der Waals surface area contributed by atoms with Gasteiger partial charge >= 0.3 is 0 Å². The Kier molecular flexibility index (Phi) is 12.5. The zero-order chi connectivity index (χ0) is 27.9. The Morgan fingerprint density at radius 1 is 0.872 bits per heavy atom. The molecule has 0 aliphatic carbocycles. The van der Waals surface area contributed by atoms with Crippen LogP contribution < -0.4 is 15.4 Å². The van der Waals surface area contributed by atoms with E-state index < -0.39 is 12.1 Å². The number of carbonyl (C=O) groups excluding carboxylic acids is 2. The molecule has 0 spiro atoms. The van der Waals surface area contributed by atoms with Crippen LogP contribution in [-0.2, 0) is 6.42 Å². The van der Waals surface area contributed by atoms with Gasteiger partial charge in [-0.15, -0.1) is 0 Å². The lowest BCUT2D eigenvalue weighted by atomic mass is 10.00. The number of rotatable bonds is 16. The minimum Gasteiger partial charge on any atom is -0.492 e. The van der Waals surface area contributed by atoms with Crippen molar-refractivity contribution >= 4 is 11.8 Å². The van der Waals surface area contributed by atoms with Gasteiger partial charge in [0, 0.05) is 37.3 Å². The maximum absolute atomic E-state index is 13.3. The van der Waals surface area contributed by atoms with Crippen LogP contribution in [0.25, 0.3) is 0 Å². The number of nitrogens with one attached hydrogen (secondary N) is 2. The summed E-state index contributed by atoms with van der Waals surface area (Å²) in [7, 11) is 0. The van der Waals surface area contributed by atoms with Crippen LogP contribution in [-0.4, -0.2) is 66.8 Å². The summed E-state index contributed by atoms with van der Waals surface area (Å²) in [5.74, 6) is 0.396. The van der Waals surface area contributed by atoms with Gasteiger partial charge < -0.3 is 25.4 Å². The zero-order valence-electron chi connectivity index (χ0n) is 23.0. The van der Waals surface area contributed by atoms with E-state index in [0.717, 1.165) is 24.2 Å². The van der Waals surface area contributed by atoms with E-state index in [-0.39, 0.29) is 18.4 Å². The standard InChI is InChI=1S/C32H41N3O4/c1-3-19-35(20-4-2)32(38)27-15-11-14-26(23-27)31(37)34-29(22-25-12-7-5-8-13-25)30(36)24-33-18-21-39-28-16-9-6-10-17-28/h5-17,23,29-30,33,36H,3-4,18-22,24H2,1-2H3,(H,34,37)/t29-,30+/m0/s1. The van der Waals surface area contributed by atoms with E-state index in [9.17, 15) is 14.7 Å². The summed E-state index contributed by atoms with van der Waals surface area (Å²) in [5, 5.41) is 17.3. The normalized spacial score (nSPS) is 12.4. The number of aliphatic hydroxyl groups excluding tert-OH is 1. The summed E-state index contributed by atoms with van der Waals surface area (Å²) in [4.78, 5) is 28.2. The summed E-state index contributed by atoms with van der Waals surface area (Å²) in [6.45, 7) is 6.74. The second kappa shape index (κ2) is 16.3. The summed E-state index contributed by atoms with van der Waals surface area (Å²) >= 11 is 0. The second-order valence-corrected chi connectivity index (χ2v) is 9.58. The van der Waals surface area contributed by atoms with Crippen molar-refractivity contribution in [2.24, 2.45) is 0 Å². The molecule has 0 fully saturated rings. The van der Waals surface area contributed by atoms with Crippen LogP contribution in [0.3, 0.4) is 0 Å². The Hall–Kier alpha value is -3.68. The molecule has 3 N–H and O–H groups in total. The molecule has 2 atom stereocenters. The Morgan fingerprint density at radius 2 is 1.51 bits per heavy atom. The van der Waals surface area contributed by atoms with E-state index in [1.165, 1.54) is 0 Å². The van der Waals surface area contributed by atoms with Crippen LogP contribution >= 0.6 is 0 Å². The van der Waals surface area contributed by atoms with Gasteiger partial charge in [0.05, 0.1) is 12.1 Å². The molecule has 0 bridgehead atoms. The number of nitrogens with zero attached hydrogens (tertiary/aromatic N) is 1. The molecule has 2 amide bonds. The van der Waals surface area contributed by atoms with Crippen molar-refractivity contribution in [3.8, 4) is 5.75 Å². The molecular formula is C32H41N3O4. The van der Waals surface area contributed by atoms with Gasteiger partial charge in [-0.05, 0) is 55.2 Å². The number of ether oxygens (including phenoxy) is 1. The summed E-state index contributed by atoms with van der Waals surface area (Å²) in [6.07, 6.45) is 1.38. The number of para-hydroxylation sites is 1. The van der Waals surface area contributed by atoms with Crippen molar-refractivity contribution in [1.82, 2.24) is 15.5 Å². The highest BCUT2D eigenvalue weighted by Gasteiger charge is 2.23. The molecule has 0 unspecified atom stereocenters. The van der Waals surface area contributed by atoms with Crippen molar-refractivity contribution < 1.29 is 19.4 Å². The molecule has 0 aromatic heterocycles. The Balaban J connectivity index is 1.64. The average Bonchev–Trinajstić information content (AvgIpc) is 2.97. The first-order valence-corrected chi connectivity index (χ1v) is 13.8. The molecule has 7 nitrogen and oxygen atoms in total. The minimum atomic E-state index is -0.833. The average molecular weight is 532 g/mol. The number of carbonyl (C=O) groups is 2. The molecule has 7 heteroatoms. The molecule has 0 aliphatic rings. The third kappa shape index (κ3) is 9.85. The van der Waals surface area contributed by atoms with Crippen LogP contribution in [0.2, 0.25) is 0 Å². The monoisotopic (exact) mass is 531 g/mol. The zero-order valence-corrected chi connectivity index (χ0v) is 23.0. The fraction of sp³-hybridized carbons (Fsp3) is 0.375. The SMILES string of the molecule is CCCN(CCC)C(=O)c1cccc(C(=O)N[C@@H](Cc2ccccc2)[C@H](O)CNCCOc2ccccc2)c1. The fourth-order valence-electron chi connectivity index (χ4n) is 4.38. The van der Waals surface area contributed by atoms with Crippen LogP contribution in [0.5, 0.6) is 5.75 Å². The molecule has 3 rings (SSSR count). The molecule has 3 aromatic carbocycles. The molecule has 39 heavy (non-hydrogen) atoms. The van der Waals surface area contributed by atoms with Crippen LogP contribution in [0.4, 0.5) is 0 Å². The number of hydrogen-bond donors (Lipinski definition) is 3. The number of aliphatic hydroxyl groups is 1. The topological polar surface area (TPSA) is 90.9 Å². The minimum absolute atomic E-state index is 0.0730.